The fourth-order valence-corrected chi connectivity index (χ4v) is 6.91. The summed E-state index contributed by atoms with van der Waals surface area (Å²) in [5.74, 6) is -12.9. The van der Waals surface area contributed by atoms with Gasteiger partial charge in [-0.05, 0) is 124 Å². The van der Waals surface area contributed by atoms with Gasteiger partial charge in [0, 0.05) is 23.3 Å². The Kier molecular flexibility index (Phi) is 23.2. The van der Waals surface area contributed by atoms with Crippen LogP contribution in [0.5, 0.6) is 23.0 Å². The summed E-state index contributed by atoms with van der Waals surface area (Å²) < 4.78 is 61.7. The van der Waals surface area contributed by atoms with Crippen LogP contribution < -0.4 is 18.9 Å². The molecule has 428 valence electrons. The summed E-state index contributed by atoms with van der Waals surface area (Å²) in [7, 11) is 0. The first-order chi connectivity index (χ1) is 39.2. The van der Waals surface area contributed by atoms with Crippen LogP contribution in [-0.4, -0.2) is 112 Å². The van der Waals surface area contributed by atoms with E-state index in [1.54, 1.807) is 0 Å². The van der Waals surface area contributed by atoms with E-state index in [2.05, 4.69) is 35.8 Å². The Bertz CT molecular complexity index is 2950. The van der Waals surface area contributed by atoms with Crippen LogP contribution in [0.3, 0.4) is 0 Å². The maximum atomic E-state index is 13.5. The Morgan fingerprint density at radius 2 is 0.720 bits per heavy atom. The number of carbonyl (C=O) groups is 12. The summed E-state index contributed by atoms with van der Waals surface area (Å²) in [6.45, 7) is 13.3. The van der Waals surface area contributed by atoms with Crippen molar-refractivity contribution in [3.05, 3.63) is 168 Å². The number of carbonyl (C=O) groups excluding carboxylic acids is 12. The fraction of sp³-hybridized carbons (Fsp3) is 0.241. The zero-order chi connectivity index (χ0) is 59.9. The highest BCUT2D eigenvalue weighted by Crippen LogP contribution is 2.34. The molecule has 4 aromatic carbocycles. The highest BCUT2D eigenvalue weighted by molar-refractivity contribution is 5.99. The maximum Gasteiger partial charge on any atom is 0.343 e. The number of rotatable bonds is 26. The molecule has 24 nitrogen and oxygen atoms in total. The fourth-order valence-electron chi connectivity index (χ4n) is 6.91. The molecule has 0 unspecified atom stereocenters. The first-order valence-corrected chi connectivity index (χ1v) is 24.5. The topological polar surface area (TPSA) is 316 Å². The molecule has 0 heterocycles. The molecule has 0 radical (unpaired) electrons. The van der Waals surface area contributed by atoms with E-state index >= 15 is 0 Å². The third-order valence-corrected chi connectivity index (χ3v) is 11.2. The molecule has 0 bridgehead atoms. The molecule has 0 aromatic heterocycles. The van der Waals surface area contributed by atoms with Gasteiger partial charge < -0.3 is 56.8 Å². The van der Waals surface area contributed by atoms with Crippen LogP contribution in [0.1, 0.15) is 102 Å². The Morgan fingerprint density at radius 3 is 1.04 bits per heavy atom. The van der Waals surface area contributed by atoms with Gasteiger partial charge in [-0.1, -0.05) is 26.3 Å². The second kappa shape index (κ2) is 30.6. The molecule has 1 aliphatic rings. The monoisotopic (exact) mass is 1130 g/mol. The smallest absolute Gasteiger partial charge is 0.343 e. The Morgan fingerprint density at radius 1 is 0.402 bits per heavy atom. The number of esters is 12. The Labute approximate surface area is 467 Å². The van der Waals surface area contributed by atoms with Crippen molar-refractivity contribution in [2.75, 3.05) is 40.0 Å². The molecule has 0 N–H and O–H groups in total. The second-order valence-electron chi connectivity index (χ2n) is 17.2. The highest BCUT2D eigenvalue weighted by Gasteiger charge is 2.33. The lowest BCUT2D eigenvalue weighted by molar-refractivity contribution is -0.147. The molecule has 0 aliphatic heterocycles. The molecule has 4 aromatic rings. The van der Waals surface area contributed by atoms with Gasteiger partial charge in [0.15, 0.2) is 0 Å². The molecule has 1 fully saturated rings. The summed E-state index contributed by atoms with van der Waals surface area (Å²) in [4.78, 5) is 151. The van der Waals surface area contributed by atoms with E-state index in [1.165, 1.54) is 86.6 Å². The zero-order valence-corrected chi connectivity index (χ0v) is 44.1. The Balaban J connectivity index is 1.23. The minimum Gasteiger partial charge on any atom is -0.459 e. The lowest BCUT2D eigenvalue weighted by atomic mass is 9.82. The molecule has 0 saturated heterocycles. The lowest BCUT2D eigenvalue weighted by Gasteiger charge is -2.26. The van der Waals surface area contributed by atoms with Crippen LogP contribution in [0.15, 0.2) is 135 Å². The third-order valence-electron chi connectivity index (χ3n) is 11.2. The Hall–Kier alpha value is -10.5. The summed E-state index contributed by atoms with van der Waals surface area (Å²) in [6.07, 6.45) is 2.32. The molecule has 82 heavy (non-hydrogen) atoms. The standard InChI is InChI=1S/C58H52O24/c1-7-47(59)75-31-77-51(63)35-9-13-39(14-10-35)55(67)81-45-23-21-41(29-43(45)57(69)73-27-25-71-49(61)33(3)4)79-53(65)37-17-19-38(20-18-37)54(66)80-42-22-24-46(44(30-42)58(70)74-28-26-72-50(62)34(5)6)82-56(68)40-15-11-36(12-16-40)52(64)78-32-76-48(60)8-2/h7-16,21-24,29-30,37-38H,1-3,5,17-20,25-28,31-32H2,4,6H3. The van der Waals surface area contributed by atoms with Crippen LogP contribution in [0.4, 0.5) is 0 Å². The van der Waals surface area contributed by atoms with E-state index in [-0.39, 0.29) is 106 Å². The van der Waals surface area contributed by atoms with E-state index in [0.29, 0.717) is 0 Å². The molecular formula is C58H52O24. The van der Waals surface area contributed by atoms with Gasteiger partial charge in [-0.25, -0.2) is 47.9 Å². The lowest BCUT2D eigenvalue weighted by Crippen LogP contribution is -2.30. The van der Waals surface area contributed by atoms with E-state index in [0.717, 1.165) is 24.3 Å². The minimum atomic E-state index is -1.07. The average molecular weight is 1130 g/mol. The van der Waals surface area contributed by atoms with Gasteiger partial charge in [0.25, 0.3) is 0 Å². The van der Waals surface area contributed by atoms with E-state index in [4.69, 9.17) is 47.4 Å². The molecule has 1 saturated carbocycles. The molecule has 0 spiro atoms. The largest absolute Gasteiger partial charge is 0.459 e. The molecule has 0 atom stereocenters. The predicted molar refractivity (Wildman–Crippen MR) is 278 cm³/mol. The molecule has 1 aliphatic carbocycles. The summed E-state index contributed by atoms with van der Waals surface area (Å²) in [6, 6.07) is 16.8. The quantitative estimate of drug-likeness (QED) is 0.0158. The van der Waals surface area contributed by atoms with Gasteiger partial charge in [0.05, 0.1) is 34.1 Å². The maximum absolute atomic E-state index is 13.5. The zero-order valence-electron chi connectivity index (χ0n) is 44.1. The van der Waals surface area contributed by atoms with Crippen molar-refractivity contribution in [2.24, 2.45) is 11.8 Å². The van der Waals surface area contributed by atoms with Gasteiger partial charge >= 0.3 is 71.6 Å². The summed E-state index contributed by atoms with van der Waals surface area (Å²) in [5, 5.41) is 0. The van der Waals surface area contributed by atoms with Crippen molar-refractivity contribution < 1.29 is 114 Å². The summed E-state index contributed by atoms with van der Waals surface area (Å²) >= 11 is 0. The van der Waals surface area contributed by atoms with Crippen molar-refractivity contribution in [1.29, 1.82) is 0 Å². The number of benzene rings is 4. The van der Waals surface area contributed by atoms with Gasteiger partial charge in [-0.2, -0.15) is 0 Å². The van der Waals surface area contributed by atoms with Gasteiger partial charge in [0.1, 0.15) is 60.6 Å². The van der Waals surface area contributed by atoms with Gasteiger partial charge in [0.2, 0.25) is 13.6 Å². The number of ether oxygens (including phenoxy) is 12. The molecular weight excluding hydrogens is 1080 g/mol. The predicted octanol–water partition coefficient (Wildman–Crippen LogP) is 6.68. The molecule has 0 amide bonds. The minimum absolute atomic E-state index is 0.0112. The third kappa shape index (κ3) is 18.8. The average Bonchev–Trinajstić information content (AvgIpc) is 3.56. The highest BCUT2D eigenvalue weighted by atomic mass is 16.7. The van der Waals surface area contributed by atoms with Crippen LogP contribution >= 0.6 is 0 Å². The SMILES string of the molecule is C=CC(=O)OCOC(=O)c1ccc(C(=O)Oc2ccc(OC(=O)C3CCC(C(=O)Oc4ccc(OC(=O)c5ccc(C(=O)OCOC(=O)C=C)cc5)c(C(=O)OCCOC(=O)C(=C)C)c4)CC3)cc2C(=O)OCCOC(=O)C(=C)C)cc1. The second-order valence-corrected chi connectivity index (χ2v) is 17.2. The van der Waals surface area contributed by atoms with E-state index in [9.17, 15) is 57.5 Å². The van der Waals surface area contributed by atoms with Crippen LogP contribution in [0, 0.1) is 11.8 Å². The first-order valence-electron chi connectivity index (χ1n) is 24.5. The number of hydrogen-bond donors (Lipinski definition) is 0. The number of hydrogen-bond acceptors (Lipinski definition) is 24. The first kappa shape index (κ1) is 62.3. The molecule has 5 rings (SSSR count). The summed E-state index contributed by atoms with van der Waals surface area (Å²) in [5.41, 5.74) is -0.732. The van der Waals surface area contributed by atoms with Crippen molar-refractivity contribution in [3.63, 3.8) is 0 Å². The van der Waals surface area contributed by atoms with Crippen molar-refractivity contribution in [1.82, 2.24) is 0 Å². The normalized spacial score (nSPS) is 13.1. The van der Waals surface area contributed by atoms with Crippen LogP contribution in [0.2, 0.25) is 0 Å². The molecule has 24 heteroatoms. The van der Waals surface area contributed by atoms with E-state index < -0.39 is 110 Å². The van der Waals surface area contributed by atoms with Crippen molar-refractivity contribution >= 4 is 71.6 Å². The van der Waals surface area contributed by atoms with Crippen molar-refractivity contribution in [2.45, 2.75) is 39.5 Å². The van der Waals surface area contributed by atoms with Crippen LogP contribution in [-0.2, 0) is 66.7 Å². The van der Waals surface area contributed by atoms with Gasteiger partial charge in [-0.15, -0.1) is 0 Å². The van der Waals surface area contributed by atoms with Crippen molar-refractivity contribution in [3.8, 4) is 23.0 Å². The van der Waals surface area contributed by atoms with Crippen LogP contribution in [0.25, 0.3) is 0 Å². The van der Waals surface area contributed by atoms with E-state index in [1.807, 2.05) is 0 Å². The van der Waals surface area contributed by atoms with Gasteiger partial charge in [-0.3, -0.25) is 9.59 Å².